The van der Waals surface area contributed by atoms with Crippen LogP contribution in [0.15, 0.2) is 12.3 Å². The molecule has 0 spiro atoms. The van der Waals surface area contributed by atoms with E-state index in [1.807, 2.05) is 12.3 Å². The molecule has 4 heteroatoms. The second-order valence-electron chi connectivity index (χ2n) is 5.52. The number of halogens is 1. The summed E-state index contributed by atoms with van der Waals surface area (Å²) in [7, 11) is 0. The van der Waals surface area contributed by atoms with Crippen LogP contribution in [0.4, 0.5) is 0 Å². The molecule has 1 saturated carbocycles. The summed E-state index contributed by atoms with van der Waals surface area (Å²) in [5.74, 6) is 1.24. The Labute approximate surface area is 127 Å². The van der Waals surface area contributed by atoms with E-state index in [0.717, 1.165) is 25.1 Å². The zero-order valence-corrected chi connectivity index (χ0v) is 13.2. The van der Waals surface area contributed by atoms with Crippen LogP contribution in [-0.4, -0.2) is 17.6 Å². The van der Waals surface area contributed by atoms with Crippen molar-refractivity contribution in [3.05, 3.63) is 22.8 Å². The van der Waals surface area contributed by atoms with Crippen LogP contribution in [0.3, 0.4) is 0 Å². The average molecular weight is 297 g/mol. The fourth-order valence-electron chi connectivity index (χ4n) is 2.86. The summed E-state index contributed by atoms with van der Waals surface area (Å²) >= 11 is 6.30. The van der Waals surface area contributed by atoms with E-state index in [1.165, 1.54) is 25.7 Å². The minimum Gasteiger partial charge on any atom is -0.473 e. The molecule has 1 aliphatic carbocycles. The Morgan fingerprint density at radius 2 is 2.15 bits per heavy atom. The Bertz CT molecular complexity index is 425. The third-order valence-corrected chi connectivity index (χ3v) is 4.34. The SMILES string of the molecule is CCNCc1cnc(OC2CCCCC2CC)c(Cl)c1. The molecule has 1 fully saturated rings. The van der Waals surface area contributed by atoms with Crippen molar-refractivity contribution >= 4 is 11.6 Å². The Hall–Kier alpha value is -0.800. The highest BCUT2D eigenvalue weighted by Gasteiger charge is 2.26. The lowest BCUT2D eigenvalue weighted by Gasteiger charge is -2.31. The molecule has 1 aliphatic rings. The van der Waals surface area contributed by atoms with E-state index in [-0.39, 0.29) is 6.10 Å². The number of hydrogen-bond acceptors (Lipinski definition) is 3. The third-order valence-electron chi connectivity index (χ3n) is 4.07. The van der Waals surface area contributed by atoms with Gasteiger partial charge in [-0.2, -0.15) is 0 Å². The molecule has 1 aromatic rings. The molecule has 3 nitrogen and oxygen atoms in total. The minimum absolute atomic E-state index is 0.276. The van der Waals surface area contributed by atoms with Gasteiger partial charge in [0, 0.05) is 12.7 Å². The first-order valence-corrected chi connectivity index (χ1v) is 8.14. The molecule has 0 radical (unpaired) electrons. The van der Waals surface area contributed by atoms with Crippen molar-refractivity contribution in [2.75, 3.05) is 6.54 Å². The quantitative estimate of drug-likeness (QED) is 0.854. The van der Waals surface area contributed by atoms with Crippen molar-refractivity contribution in [3.63, 3.8) is 0 Å². The second kappa shape index (κ2) is 7.84. The van der Waals surface area contributed by atoms with Crippen molar-refractivity contribution in [3.8, 4) is 5.88 Å². The highest BCUT2D eigenvalue weighted by molar-refractivity contribution is 6.31. The molecule has 0 aliphatic heterocycles. The molecule has 2 atom stereocenters. The van der Waals surface area contributed by atoms with Gasteiger partial charge < -0.3 is 10.1 Å². The van der Waals surface area contributed by atoms with E-state index in [2.05, 4.69) is 24.1 Å². The monoisotopic (exact) mass is 296 g/mol. The van der Waals surface area contributed by atoms with Gasteiger partial charge in [0.05, 0.1) is 0 Å². The summed E-state index contributed by atoms with van der Waals surface area (Å²) in [6, 6.07) is 1.95. The van der Waals surface area contributed by atoms with Crippen LogP contribution < -0.4 is 10.1 Å². The molecule has 0 amide bonds. The van der Waals surface area contributed by atoms with Gasteiger partial charge in [-0.05, 0) is 49.8 Å². The average Bonchev–Trinajstić information content (AvgIpc) is 2.48. The Kier molecular flexibility index (Phi) is 6.11. The van der Waals surface area contributed by atoms with Crippen molar-refractivity contribution in [1.82, 2.24) is 10.3 Å². The Morgan fingerprint density at radius 3 is 2.85 bits per heavy atom. The third kappa shape index (κ3) is 4.10. The zero-order valence-electron chi connectivity index (χ0n) is 12.5. The molecule has 0 bridgehead atoms. The van der Waals surface area contributed by atoms with E-state index in [9.17, 15) is 0 Å². The maximum absolute atomic E-state index is 6.30. The summed E-state index contributed by atoms with van der Waals surface area (Å²) in [6.45, 7) is 6.06. The minimum atomic E-state index is 0.276. The largest absolute Gasteiger partial charge is 0.473 e. The Morgan fingerprint density at radius 1 is 1.35 bits per heavy atom. The summed E-state index contributed by atoms with van der Waals surface area (Å²) in [5.41, 5.74) is 1.10. The van der Waals surface area contributed by atoms with E-state index >= 15 is 0 Å². The lowest BCUT2D eigenvalue weighted by molar-refractivity contribution is 0.0859. The first kappa shape index (κ1) is 15.6. The normalized spacial score (nSPS) is 22.8. The number of ether oxygens (including phenoxy) is 1. The second-order valence-corrected chi connectivity index (χ2v) is 5.93. The number of nitrogens with one attached hydrogen (secondary N) is 1. The lowest BCUT2D eigenvalue weighted by atomic mass is 9.85. The molecule has 1 aromatic heterocycles. The first-order valence-electron chi connectivity index (χ1n) is 7.76. The number of rotatable bonds is 6. The van der Waals surface area contributed by atoms with E-state index < -0.39 is 0 Å². The predicted octanol–water partition coefficient (Wildman–Crippen LogP) is 4.19. The van der Waals surface area contributed by atoms with Gasteiger partial charge in [-0.3, -0.25) is 0 Å². The van der Waals surface area contributed by atoms with Crippen LogP contribution >= 0.6 is 11.6 Å². The van der Waals surface area contributed by atoms with Crippen molar-refractivity contribution in [2.24, 2.45) is 5.92 Å². The highest BCUT2D eigenvalue weighted by Crippen LogP contribution is 2.32. The molecular weight excluding hydrogens is 272 g/mol. The van der Waals surface area contributed by atoms with Crippen molar-refractivity contribution in [1.29, 1.82) is 0 Å². The topological polar surface area (TPSA) is 34.2 Å². The van der Waals surface area contributed by atoms with Gasteiger partial charge in [0.1, 0.15) is 11.1 Å². The molecular formula is C16H25ClN2O. The van der Waals surface area contributed by atoms with Gasteiger partial charge in [0.15, 0.2) is 0 Å². The van der Waals surface area contributed by atoms with Gasteiger partial charge in [0.2, 0.25) is 5.88 Å². The molecule has 1 N–H and O–H groups in total. The number of hydrogen-bond donors (Lipinski definition) is 1. The van der Waals surface area contributed by atoms with Gasteiger partial charge in [0.25, 0.3) is 0 Å². The van der Waals surface area contributed by atoms with Gasteiger partial charge in [-0.15, -0.1) is 0 Å². The van der Waals surface area contributed by atoms with Crippen molar-refractivity contribution in [2.45, 2.75) is 58.6 Å². The van der Waals surface area contributed by atoms with Gasteiger partial charge in [-0.25, -0.2) is 4.98 Å². The molecule has 0 saturated heterocycles. The molecule has 20 heavy (non-hydrogen) atoms. The standard InChI is InChI=1S/C16H25ClN2O/c1-3-13-7-5-6-8-15(13)20-16-14(17)9-12(11-19-16)10-18-4-2/h9,11,13,15,18H,3-8,10H2,1-2H3. The summed E-state index contributed by atoms with van der Waals surface area (Å²) in [5, 5.41) is 3.90. The maximum atomic E-state index is 6.30. The van der Waals surface area contributed by atoms with Crippen LogP contribution in [0.1, 0.15) is 51.5 Å². The molecule has 112 valence electrons. The van der Waals surface area contributed by atoms with Crippen LogP contribution in [-0.2, 0) is 6.54 Å². The van der Waals surface area contributed by atoms with E-state index in [1.54, 1.807) is 0 Å². The fourth-order valence-corrected chi connectivity index (χ4v) is 3.09. The predicted molar refractivity (Wildman–Crippen MR) is 83.3 cm³/mol. The Balaban J connectivity index is 2.01. The molecule has 1 heterocycles. The molecule has 0 aromatic carbocycles. The number of aromatic nitrogens is 1. The summed E-state index contributed by atoms with van der Waals surface area (Å²) in [4.78, 5) is 4.40. The van der Waals surface area contributed by atoms with Crippen LogP contribution in [0, 0.1) is 5.92 Å². The number of nitrogens with zero attached hydrogens (tertiary/aromatic N) is 1. The van der Waals surface area contributed by atoms with Gasteiger partial charge >= 0.3 is 0 Å². The van der Waals surface area contributed by atoms with E-state index in [4.69, 9.17) is 16.3 Å². The van der Waals surface area contributed by atoms with Crippen LogP contribution in [0.5, 0.6) is 5.88 Å². The molecule has 2 unspecified atom stereocenters. The summed E-state index contributed by atoms with van der Waals surface area (Å²) in [6.07, 6.45) is 8.25. The zero-order chi connectivity index (χ0) is 14.4. The number of pyridine rings is 1. The van der Waals surface area contributed by atoms with E-state index in [0.29, 0.717) is 16.8 Å². The fraction of sp³-hybridized carbons (Fsp3) is 0.688. The van der Waals surface area contributed by atoms with Gasteiger partial charge in [-0.1, -0.05) is 31.9 Å². The van der Waals surface area contributed by atoms with Crippen LogP contribution in [0.2, 0.25) is 5.02 Å². The highest BCUT2D eigenvalue weighted by atomic mass is 35.5. The maximum Gasteiger partial charge on any atom is 0.232 e. The smallest absolute Gasteiger partial charge is 0.232 e. The molecule has 2 rings (SSSR count). The van der Waals surface area contributed by atoms with Crippen molar-refractivity contribution < 1.29 is 4.74 Å². The lowest BCUT2D eigenvalue weighted by Crippen LogP contribution is -2.30. The summed E-state index contributed by atoms with van der Waals surface area (Å²) < 4.78 is 6.09. The first-order chi connectivity index (χ1) is 9.74. The van der Waals surface area contributed by atoms with Crippen LogP contribution in [0.25, 0.3) is 0 Å².